The Labute approximate surface area is 124 Å². The molecule has 4 heteroatoms. The van der Waals surface area contributed by atoms with Gasteiger partial charge in [0.1, 0.15) is 0 Å². The van der Waals surface area contributed by atoms with Crippen molar-refractivity contribution < 1.29 is 0 Å². The lowest BCUT2D eigenvalue weighted by molar-refractivity contribution is 0.278. The first kappa shape index (κ1) is 13.7. The summed E-state index contributed by atoms with van der Waals surface area (Å²) in [4.78, 5) is 4.45. The third kappa shape index (κ3) is 2.15. The zero-order valence-corrected chi connectivity index (χ0v) is 12.9. The highest BCUT2D eigenvalue weighted by Crippen LogP contribution is 2.42. The molecule has 0 aliphatic heterocycles. The van der Waals surface area contributed by atoms with Crippen molar-refractivity contribution in [3.05, 3.63) is 46.4 Å². The Kier molecular flexibility index (Phi) is 3.14. The minimum atomic E-state index is 0.0937. The summed E-state index contributed by atoms with van der Waals surface area (Å²) in [6.07, 6.45) is 3.79. The van der Waals surface area contributed by atoms with Gasteiger partial charge in [0.25, 0.3) is 0 Å². The number of hydrogen-bond acceptors (Lipinski definition) is 2. The van der Waals surface area contributed by atoms with Crippen LogP contribution < -0.4 is 5.73 Å². The molecule has 0 radical (unpaired) electrons. The van der Waals surface area contributed by atoms with Gasteiger partial charge in [0.2, 0.25) is 0 Å². The van der Waals surface area contributed by atoms with Crippen LogP contribution in [0, 0.1) is 12.3 Å². The normalized spacial score (nSPS) is 20.8. The minimum Gasteiger partial charge on any atom is -0.324 e. The standard InChI is InChI=1S/C16H20ClN3/c1-10-7-11-13(18)8-16(2,3)9-14(11)20(10)15-12(17)5-4-6-19-15/h4-7,13H,8-9,18H2,1-3H3. The predicted octanol–water partition coefficient (Wildman–Crippen LogP) is 3.81. The molecular weight excluding hydrogens is 270 g/mol. The van der Waals surface area contributed by atoms with Crippen LogP contribution in [0.15, 0.2) is 24.4 Å². The second-order valence-electron chi connectivity index (χ2n) is 6.48. The summed E-state index contributed by atoms with van der Waals surface area (Å²) in [6, 6.07) is 6.01. The van der Waals surface area contributed by atoms with Crippen LogP contribution in [-0.4, -0.2) is 9.55 Å². The summed E-state index contributed by atoms with van der Waals surface area (Å²) in [5.41, 5.74) is 10.2. The first-order chi connectivity index (χ1) is 9.39. The van der Waals surface area contributed by atoms with Gasteiger partial charge in [0, 0.05) is 23.6 Å². The zero-order chi connectivity index (χ0) is 14.5. The Morgan fingerprint density at radius 2 is 2.20 bits per heavy atom. The predicted molar refractivity (Wildman–Crippen MR) is 82.3 cm³/mol. The van der Waals surface area contributed by atoms with Gasteiger partial charge in [-0.2, -0.15) is 0 Å². The summed E-state index contributed by atoms with van der Waals surface area (Å²) >= 11 is 6.32. The Hall–Kier alpha value is -1.32. The average molecular weight is 290 g/mol. The van der Waals surface area contributed by atoms with Crippen LogP contribution in [-0.2, 0) is 6.42 Å². The molecule has 3 nitrogen and oxygen atoms in total. The van der Waals surface area contributed by atoms with Gasteiger partial charge in [-0.1, -0.05) is 25.4 Å². The van der Waals surface area contributed by atoms with Gasteiger partial charge in [0.05, 0.1) is 5.02 Å². The molecule has 1 aliphatic carbocycles. The van der Waals surface area contributed by atoms with Crippen molar-refractivity contribution in [1.29, 1.82) is 0 Å². The van der Waals surface area contributed by atoms with Crippen LogP contribution in [0.3, 0.4) is 0 Å². The molecule has 0 saturated carbocycles. The number of aromatic nitrogens is 2. The molecule has 1 atom stereocenters. The lowest BCUT2D eigenvalue weighted by atomic mass is 9.74. The maximum atomic E-state index is 6.35. The minimum absolute atomic E-state index is 0.0937. The van der Waals surface area contributed by atoms with Crippen molar-refractivity contribution in [2.24, 2.45) is 11.1 Å². The fraction of sp³-hybridized carbons (Fsp3) is 0.438. The second kappa shape index (κ2) is 4.61. The van der Waals surface area contributed by atoms with Crippen molar-refractivity contribution >= 4 is 11.6 Å². The molecule has 2 aromatic rings. The van der Waals surface area contributed by atoms with Gasteiger partial charge < -0.3 is 10.3 Å². The van der Waals surface area contributed by atoms with E-state index >= 15 is 0 Å². The smallest absolute Gasteiger partial charge is 0.155 e. The molecule has 0 fully saturated rings. The highest BCUT2D eigenvalue weighted by Gasteiger charge is 2.34. The SMILES string of the molecule is Cc1cc2c(n1-c1ncccc1Cl)CC(C)(C)CC2N. The lowest BCUT2D eigenvalue weighted by Gasteiger charge is -2.34. The molecule has 3 rings (SSSR count). The fourth-order valence-electron chi connectivity index (χ4n) is 3.28. The van der Waals surface area contributed by atoms with E-state index < -0.39 is 0 Å². The van der Waals surface area contributed by atoms with E-state index in [-0.39, 0.29) is 11.5 Å². The fourth-order valence-corrected chi connectivity index (χ4v) is 3.49. The molecule has 1 aliphatic rings. The van der Waals surface area contributed by atoms with Crippen molar-refractivity contribution in [2.75, 3.05) is 0 Å². The Bertz CT molecular complexity index is 658. The number of nitrogens with zero attached hydrogens (tertiary/aromatic N) is 2. The van der Waals surface area contributed by atoms with E-state index in [0.717, 1.165) is 24.4 Å². The van der Waals surface area contributed by atoms with E-state index in [2.05, 4.69) is 36.4 Å². The molecule has 0 spiro atoms. The molecule has 20 heavy (non-hydrogen) atoms. The van der Waals surface area contributed by atoms with Crippen LogP contribution in [0.5, 0.6) is 0 Å². The molecule has 0 aromatic carbocycles. The number of nitrogens with two attached hydrogens (primary N) is 1. The summed E-state index contributed by atoms with van der Waals surface area (Å²) < 4.78 is 2.17. The van der Waals surface area contributed by atoms with Gasteiger partial charge >= 0.3 is 0 Å². The highest BCUT2D eigenvalue weighted by molar-refractivity contribution is 6.32. The number of pyridine rings is 1. The van der Waals surface area contributed by atoms with E-state index in [4.69, 9.17) is 17.3 Å². The molecule has 0 bridgehead atoms. The van der Waals surface area contributed by atoms with Gasteiger partial charge in [-0.05, 0) is 48.9 Å². The van der Waals surface area contributed by atoms with Crippen molar-refractivity contribution in [3.8, 4) is 5.82 Å². The first-order valence-electron chi connectivity index (χ1n) is 6.97. The molecule has 0 saturated heterocycles. The van der Waals surface area contributed by atoms with Crippen LogP contribution in [0.2, 0.25) is 5.02 Å². The van der Waals surface area contributed by atoms with Crippen LogP contribution in [0.25, 0.3) is 5.82 Å². The largest absolute Gasteiger partial charge is 0.324 e. The van der Waals surface area contributed by atoms with Gasteiger partial charge in [0.15, 0.2) is 5.82 Å². The lowest BCUT2D eigenvalue weighted by Crippen LogP contribution is -2.30. The molecule has 106 valence electrons. The maximum Gasteiger partial charge on any atom is 0.155 e. The molecule has 2 N–H and O–H groups in total. The van der Waals surface area contributed by atoms with E-state index in [9.17, 15) is 0 Å². The highest BCUT2D eigenvalue weighted by atomic mass is 35.5. The maximum absolute atomic E-state index is 6.35. The van der Waals surface area contributed by atoms with Crippen molar-refractivity contribution in [1.82, 2.24) is 9.55 Å². The quantitative estimate of drug-likeness (QED) is 0.867. The van der Waals surface area contributed by atoms with Crippen LogP contribution in [0.4, 0.5) is 0 Å². The summed E-state index contributed by atoms with van der Waals surface area (Å²) in [5.74, 6) is 0.804. The number of hydrogen-bond donors (Lipinski definition) is 1. The third-order valence-electron chi connectivity index (χ3n) is 4.09. The second-order valence-corrected chi connectivity index (χ2v) is 6.89. The number of rotatable bonds is 1. The van der Waals surface area contributed by atoms with Gasteiger partial charge in [-0.15, -0.1) is 0 Å². The van der Waals surface area contributed by atoms with E-state index in [1.807, 2.05) is 12.1 Å². The van der Waals surface area contributed by atoms with Crippen molar-refractivity contribution in [3.63, 3.8) is 0 Å². The number of aryl methyl sites for hydroxylation is 1. The Morgan fingerprint density at radius 1 is 1.45 bits per heavy atom. The van der Waals surface area contributed by atoms with E-state index in [0.29, 0.717) is 5.02 Å². The van der Waals surface area contributed by atoms with Gasteiger partial charge in [-0.3, -0.25) is 0 Å². The van der Waals surface area contributed by atoms with Crippen molar-refractivity contribution in [2.45, 2.75) is 39.7 Å². The van der Waals surface area contributed by atoms with E-state index in [1.54, 1.807) is 6.20 Å². The third-order valence-corrected chi connectivity index (χ3v) is 4.38. The average Bonchev–Trinajstić information content (AvgIpc) is 2.66. The Morgan fingerprint density at radius 3 is 2.90 bits per heavy atom. The molecule has 2 aromatic heterocycles. The molecule has 0 amide bonds. The molecular formula is C16H20ClN3. The summed E-state index contributed by atoms with van der Waals surface area (Å²) in [7, 11) is 0. The van der Waals surface area contributed by atoms with Gasteiger partial charge in [-0.25, -0.2) is 4.98 Å². The van der Waals surface area contributed by atoms with E-state index in [1.165, 1.54) is 11.3 Å². The number of fused-ring (bicyclic) bond motifs is 1. The Balaban J connectivity index is 2.22. The number of halogens is 1. The van der Waals surface area contributed by atoms with Crippen LogP contribution in [0.1, 0.15) is 43.3 Å². The zero-order valence-electron chi connectivity index (χ0n) is 12.2. The molecule has 1 unspecified atom stereocenters. The monoisotopic (exact) mass is 289 g/mol. The summed E-state index contributed by atoms with van der Waals surface area (Å²) in [5, 5.41) is 0.672. The topological polar surface area (TPSA) is 43.8 Å². The molecule has 2 heterocycles. The first-order valence-corrected chi connectivity index (χ1v) is 7.34. The summed E-state index contributed by atoms with van der Waals surface area (Å²) in [6.45, 7) is 6.62. The van der Waals surface area contributed by atoms with Crippen LogP contribution >= 0.6 is 11.6 Å².